The number of fused-ring (bicyclic) bond motifs is 1. The second-order valence-corrected chi connectivity index (χ2v) is 7.63. The van der Waals surface area contributed by atoms with Crippen LogP contribution in [0.3, 0.4) is 0 Å². The molecule has 0 bridgehead atoms. The summed E-state index contributed by atoms with van der Waals surface area (Å²) in [6.45, 7) is 5.46. The quantitative estimate of drug-likeness (QED) is 0.853. The third kappa shape index (κ3) is 3.30. The Hall–Kier alpha value is -0.970. The van der Waals surface area contributed by atoms with Crippen LogP contribution < -0.4 is 0 Å². The molecule has 0 unspecified atom stereocenters. The molecular weight excluding hydrogens is 286 g/mol. The van der Waals surface area contributed by atoms with Gasteiger partial charge in [0, 0.05) is 44.5 Å². The molecule has 3 aliphatic rings. The molecule has 4 atom stereocenters. The summed E-state index contributed by atoms with van der Waals surface area (Å²) < 4.78 is 5.62. The molecule has 1 aromatic rings. The summed E-state index contributed by atoms with van der Waals surface area (Å²) in [6.07, 6.45) is 7.29. The number of nitrogens with zero attached hydrogens (tertiary/aromatic N) is 3. The minimum Gasteiger partial charge on any atom is -0.380 e. The SMILES string of the molecule is CN(Cc1ccccn1)[C@@H]1CCC[C@@H]2CN([C@H]3CCOC3)C[C@@H]21. The van der Waals surface area contributed by atoms with Crippen LogP contribution >= 0.6 is 0 Å². The third-order valence-corrected chi connectivity index (χ3v) is 6.21. The van der Waals surface area contributed by atoms with Crippen LogP contribution in [0.4, 0.5) is 0 Å². The Kier molecular flexibility index (Phi) is 4.65. The van der Waals surface area contributed by atoms with E-state index >= 15 is 0 Å². The first kappa shape index (κ1) is 15.6. The van der Waals surface area contributed by atoms with Crippen molar-refractivity contribution in [2.75, 3.05) is 33.4 Å². The molecule has 4 heteroatoms. The lowest BCUT2D eigenvalue weighted by Crippen LogP contribution is -2.43. The molecular formula is C19H29N3O. The Morgan fingerprint density at radius 2 is 2.22 bits per heavy atom. The summed E-state index contributed by atoms with van der Waals surface area (Å²) in [5, 5.41) is 0. The normalized spacial score (nSPS) is 34.9. The highest BCUT2D eigenvalue weighted by Crippen LogP contribution is 2.40. The van der Waals surface area contributed by atoms with Crippen LogP contribution in [-0.4, -0.2) is 60.2 Å². The van der Waals surface area contributed by atoms with E-state index in [4.69, 9.17) is 4.74 Å². The fourth-order valence-corrected chi connectivity index (χ4v) is 5.00. The van der Waals surface area contributed by atoms with Gasteiger partial charge in [-0.05, 0) is 50.3 Å². The molecule has 1 saturated carbocycles. The summed E-state index contributed by atoms with van der Waals surface area (Å²) in [5.74, 6) is 1.72. The van der Waals surface area contributed by atoms with Crippen molar-refractivity contribution in [1.29, 1.82) is 0 Å². The maximum Gasteiger partial charge on any atom is 0.0622 e. The van der Waals surface area contributed by atoms with Crippen molar-refractivity contribution < 1.29 is 4.74 Å². The Morgan fingerprint density at radius 1 is 1.26 bits per heavy atom. The van der Waals surface area contributed by atoms with Crippen molar-refractivity contribution in [3.8, 4) is 0 Å². The second-order valence-electron chi connectivity index (χ2n) is 7.63. The molecule has 4 rings (SSSR count). The largest absolute Gasteiger partial charge is 0.380 e. The van der Waals surface area contributed by atoms with Crippen molar-refractivity contribution in [1.82, 2.24) is 14.8 Å². The van der Waals surface area contributed by atoms with Gasteiger partial charge < -0.3 is 4.74 Å². The summed E-state index contributed by atoms with van der Waals surface area (Å²) in [4.78, 5) is 9.80. The molecule has 2 saturated heterocycles. The summed E-state index contributed by atoms with van der Waals surface area (Å²) in [5.41, 5.74) is 1.19. The maximum atomic E-state index is 5.62. The Labute approximate surface area is 139 Å². The molecule has 0 radical (unpaired) electrons. The zero-order chi connectivity index (χ0) is 15.6. The lowest BCUT2D eigenvalue weighted by atomic mass is 9.77. The van der Waals surface area contributed by atoms with Gasteiger partial charge in [-0.25, -0.2) is 0 Å². The second kappa shape index (κ2) is 6.88. The lowest BCUT2D eigenvalue weighted by Gasteiger charge is -2.39. The molecule has 2 aliphatic heterocycles. The number of aromatic nitrogens is 1. The Bertz CT molecular complexity index is 503. The Morgan fingerprint density at radius 3 is 3.00 bits per heavy atom. The summed E-state index contributed by atoms with van der Waals surface area (Å²) in [6, 6.07) is 7.63. The smallest absolute Gasteiger partial charge is 0.0622 e. The van der Waals surface area contributed by atoms with Crippen molar-refractivity contribution in [3.63, 3.8) is 0 Å². The number of hydrogen-bond donors (Lipinski definition) is 0. The third-order valence-electron chi connectivity index (χ3n) is 6.21. The van der Waals surface area contributed by atoms with Crippen LogP contribution in [0.1, 0.15) is 31.4 Å². The van der Waals surface area contributed by atoms with Gasteiger partial charge in [-0.1, -0.05) is 12.5 Å². The first-order valence-electron chi connectivity index (χ1n) is 9.23. The van der Waals surface area contributed by atoms with Crippen LogP contribution in [0.2, 0.25) is 0 Å². The number of likely N-dealkylation sites (tertiary alicyclic amines) is 1. The molecule has 1 aromatic heterocycles. The van der Waals surface area contributed by atoms with Crippen molar-refractivity contribution in [3.05, 3.63) is 30.1 Å². The van der Waals surface area contributed by atoms with Crippen LogP contribution in [0.15, 0.2) is 24.4 Å². The summed E-state index contributed by atoms with van der Waals surface area (Å²) in [7, 11) is 2.29. The van der Waals surface area contributed by atoms with E-state index in [0.717, 1.165) is 31.6 Å². The van der Waals surface area contributed by atoms with E-state index in [-0.39, 0.29) is 0 Å². The van der Waals surface area contributed by atoms with Crippen LogP contribution in [0.25, 0.3) is 0 Å². The average molecular weight is 315 g/mol. The van der Waals surface area contributed by atoms with Gasteiger partial charge in [0.1, 0.15) is 0 Å². The zero-order valence-corrected chi connectivity index (χ0v) is 14.2. The molecule has 126 valence electrons. The standard InChI is InChI=1S/C19H29N3O/c1-21(12-16-6-2-3-9-20-16)19-7-4-5-15-11-22(13-18(15)19)17-8-10-23-14-17/h2-3,6,9,15,17-19H,4-5,7-8,10-14H2,1H3/t15-,17+,18+,19-/m1/s1. The van der Waals surface area contributed by atoms with Gasteiger partial charge in [-0.15, -0.1) is 0 Å². The van der Waals surface area contributed by atoms with Crippen molar-refractivity contribution in [2.24, 2.45) is 11.8 Å². The molecule has 1 aliphatic carbocycles. The molecule has 4 nitrogen and oxygen atoms in total. The topological polar surface area (TPSA) is 28.6 Å². The fourth-order valence-electron chi connectivity index (χ4n) is 5.00. The van der Waals surface area contributed by atoms with E-state index in [1.165, 1.54) is 44.5 Å². The summed E-state index contributed by atoms with van der Waals surface area (Å²) >= 11 is 0. The van der Waals surface area contributed by atoms with E-state index in [1.807, 2.05) is 12.3 Å². The minimum atomic E-state index is 0.683. The van der Waals surface area contributed by atoms with Gasteiger partial charge in [-0.3, -0.25) is 14.8 Å². The highest BCUT2D eigenvalue weighted by atomic mass is 16.5. The lowest BCUT2D eigenvalue weighted by molar-refractivity contribution is 0.102. The molecule has 3 heterocycles. The molecule has 0 N–H and O–H groups in total. The first-order chi connectivity index (χ1) is 11.3. The predicted molar refractivity (Wildman–Crippen MR) is 91.1 cm³/mol. The van der Waals surface area contributed by atoms with Crippen LogP contribution in [0.5, 0.6) is 0 Å². The highest BCUT2D eigenvalue weighted by Gasteiger charge is 2.43. The number of pyridine rings is 1. The van der Waals surface area contributed by atoms with E-state index in [2.05, 4.69) is 34.0 Å². The van der Waals surface area contributed by atoms with Gasteiger partial charge in [-0.2, -0.15) is 0 Å². The van der Waals surface area contributed by atoms with E-state index < -0.39 is 0 Å². The minimum absolute atomic E-state index is 0.683. The molecule has 23 heavy (non-hydrogen) atoms. The van der Waals surface area contributed by atoms with Gasteiger partial charge in [0.05, 0.1) is 12.3 Å². The number of ether oxygens (including phenoxy) is 1. The number of hydrogen-bond acceptors (Lipinski definition) is 4. The van der Waals surface area contributed by atoms with E-state index in [9.17, 15) is 0 Å². The highest BCUT2D eigenvalue weighted by molar-refractivity contribution is 5.04. The maximum absolute atomic E-state index is 5.62. The monoisotopic (exact) mass is 315 g/mol. The van der Waals surface area contributed by atoms with Crippen molar-refractivity contribution >= 4 is 0 Å². The van der Waals surface area contributed by atoms with Crippen LogP contribution in [0, 0.1) is 11.8 Å². The van der Waals surface area contributed by atoms with Gasteiger partial charge in [0.2, 0.25) is 0 Å². The van der Waals surface area contributed by atoms with Gasteiger partial charge >= 0.3 is 0 Å². The molecule has 0 aromatic carbocycles. The van der Waals surface area contributed by atoms with Gasteiger partial charge in [0.15, 0.2) is 0 Å². The van der Waals surface area contributed by atoms with Crippen molar-refractivity contribution in [2.45, 2.75) is 44.3 Å². The number of rotatable bonds is 4. The zero-order valence-electron chi connectivity index (χ0n) is 14.2. The fraction of sp³-hybridized carbons (Fsp3) is 0.737. The average Bonchev–Trinajstić information content (AvgIpc) is 3.24. The first-order valence-corrected chi connectivity index (χ1v) is 9.23. The molecule has 0 spiro atoms. The molecule has 3 fully saturated rings. The van der Waals surface area contributed by atoms with Crippen LogP contribution in [-0.2, 0) is 11.3 Å². The van der Waals surface area contributed by atoms with Gasteiger partial charge in [0.25, 0.3) is 0 Å². The predicted octanol–water partition coefficient (Wildman–Crippen LogP) is 2.40. The Balaban J connectivity index is 1.42. The molecule has 0 amide bonds. The van der Waals surface area contributed by atoms with E-state index in [1.54, 1.807) is 0 Å². The van der Waals surface area contributed by atoms with E-state index in [0.29, 0.717) is 12.1 Å².